The largest absolute Gasteiger partial charge is 0.379 e. The molecule has 2 aliphatic heterocycles. The standard InChI is InChI=1S/C21H33N7O2S.HI/c1-15-4-6-18(31-15)17(27-8-10-30-11-9-27)12-23-21(22-2)24-16-5-7-20-25-19(14-29-3)26-28(20)13-16;/h4,6,16-17H,5,7-14H2,1-3H3,(H2,22,23,24);1H. The van der Waals surface area contributed by atoms with Gasteiger partial charge in [0.05, 0.1) is 25.8 Å². The van der Waals surface area contributed by atoms with E-state index >= 15 is 0 Å². The number of methoxy groups -OCH3 is 1. The van der Waals surface area contributed by atoms with Crippen molar-refractivity contribution >= 4 is 41.3 Å². The molecule has 0 amide bonds. The number of nitrogens with one attached hydrogen (secondary N) is 2. The number of aromatic nitrogens is 3. The molecule has 0 spiro atoms. The molecule has 4 heterocycles. The van der Waals surface area contributed by atoms with Gasteiger partial charge in [-0.2, -0.15) is 5.10 Å². The van der Waals surface area contributed by atoms with Crippen LogP contribution in [-0.4, -0.2) is 78.7 Å². The highest BCUT2D eigenvalue weighted by molar-refractivity contribution is 14.0. The van der Waals surface area contributed by atoms with Gasteiger partial charge < -0.3 is 20.1 Å². The number of aryl methyl sites for hydroxylation is 2. The Morgan fingerprint density at radius 1 is 1.38 bits per heavy atom. The Balaban J connectivity index is 0.00000289. The zero-order valence-corrected chi connectivity index (χ0v) is 22.2. The van der Waals surface area contributed by atoms with Gasteiger partial charge in [0.1, 0.15) is 12.4 Å². The Hall–Kier alpha value is -1.28. The molecule has 2 atom stereocenters. The summed E-state index contributed by atoms with van der Waals surface area (Å²) in [6.45, 7) is 7.70. The molecule has 2 aromatic rings. The van der Waals surface area contributed by atoms with Crippen LogP contribution in [0, 0.1) is 6.92 Å². The van der Waals surface area contributed by atoms with E-state index in [9.17, 15) is 0 Å². The molecule has 4 rings (SSSR count). The molecule has 178 valence electrons. The molecule has 0 bridgehead atoms. The Labute approximate surface area is 211 Å². The molecule has 9 nitrogen and oxygen atoms in total. The number of fused-ring (bicyclic) bond motifs is 1. The summed E-state index contributed by atoms with van der Waals surface area (Å²) in [5.74, 6) is 2.62. The smallest absolute Gasteiger partial charge is 0.191 e. The highest BCUT2D eigenvalue weighted by Gasteiger charge is 2.26. The fourth-order valence-electron chi connectivity index (χ4n) is 4.18. The number of hydrogen-bond acceptors (Lipinski definition) is 7. The molecular weight excluding hydrogens is 541 g/mol. The van der Waals surface area contributed by atoms with E-state index in [1.54, 1.807) is 7.11 Å². The molecule has 2 aromatic heterocycles. The second kappa shape index (κ2) is 12.3. The van der Waals surface area contributed by atoms with E-state index in [1.807, 2.05) is 23.1 Å². The maximum absolute atomic E-state index is 5.57. The van der Waals surface area contributed by atoms with Crippen LogP contribution in [0.5, 0.6) is 0 Å². The lowest BCUT2D eigenvalue weighted by Crippen LogP contribution is -2.50. The molecule has 0 saturated carbocycles. The minimum absolute atomic E-state index is 0. The van der Waals surface area contributed by atoms with E-state index in [2.05, 4.69) is 49.7 Å². The van der Waals surface area contributed by atoms with Crippen molar-refractivity contribution in [1.29, 1.82) is 0 Å². The van der Waals surface area contributed by atoms with Crippen LogP contribution in [0.3, 0.4) is 0 Å². The van der Waals surface area contributed by atoms with E-state index in [-0.39, 0.29) is 30.0 Å². The number of morpholine rings is 1. The predicted octanol–water partition coefficient (Wildman–Crippen LogP) is 1.97. The summed E-state index contributed by atoms with van der Waals surface area (Å²) in [6, 6.07) is 5.03. The molecule has 0 aliphatic carbocycles. The van der Waals surface area contributed by atoms with E-state index < -0.39 is 0 Å². The molecule has 1 saturated heterocycles. The summed E-state index contributed by atoms with van der Waals surface area (Å²) in [6.07, 6.45) is 1.90. The minimum Gasteiger partial charge on any atom is -0.379 e. The van der Waals surface area contributed by atoms with Crippen molar-refractivity contribution in [2.45, 2.75) is 45.0 Å². The van der Waals surface area contributed by atoms with Crippen LogP contribution in [0.1, 0.15) is 33.9 Å². The number of ether oxygens (including phenoxy) is 2. The topological polar surface area (TPSA) is 88.8 Å². The van der Waals surface area contributed by atoms with Gasteiger partial charge in [-0.1, -0.05) is 0 Å². The third kappa shape index (κ3) is 6.40. The van der Waals surface area contributed by atoms with Gasteiger partial charge in [0.25, 0.3) is 0 Å². The number of hydrogen-bond donors (Lipinski definition) is 2. The average molecular weight is 576 g/mol. The zero-order chi connectivity index (χ0) is 21.6. The van der Waals surface area contributed by atoms with Gasteiger partial charge in [-0.15, -0.1) is 35.3 Å². The maximum Gasteiger partial charge on any atom is 0.191 e. The highest BCUT2D eigenvalue weighted by Crippen LogP contribution is 2.28. The first-order chi connectivity index (χ1) is 15.2. The molecule has 2 aliphatic rings. The molecule has 2 N–H and O–H groups in total. The van der Waals surface area contributed by atoms with Gasteiger partial charge >= 0.3 is 0 Å². The number of aliphatic imine (C=N–C) groups is 1. The Morgan fingerprint density at radius 2 is 2.19 bits per heavy atom. The second-order valence-electron chi connectivity index (χ2n) is 8.00. The molecule has 2 unspecified atom stereocenters. The van der Waals surface area contributed by atoms with Crippen molar-refractivity contribution in [2.75, 3.05) is 47.0 Å². The normalized spacial score (nSPS) is 20.3. The number of halogens is 1. The second-order valence-corrected chi connectivity index (χ2v) is 9.32. The first-order valence-electron chi connectivity index (χ1n) is 10.9. The van der Waals surface area contributed by atoms with E-state index in [1.165, 1.54) is 9.75 Å². The van der Waals surface area contributed by atoms with Crippen LogP contribution in [0.2, 0.25) is 0 Å². The van der Waals surface area contributed by atoms with E-state index in [0.29, 0.717) is 12.6 Å². The van der Waals surface area contributed by atoms with Crippen LogP contribution >= 0.6 is 35.3 Å². The number of rotatable bonds is 7. The predicted molar refractivity (Wildman–Crippen MR) is 137 cm³/mol. The Kier molecular flexibility index (Phi) is 9.71. The van der Waals surface area contributed by atoms with Crippen molar-refractivity contribution in [3.8, 4) is 0 Å². The van der Waals surface area contributed by atoms with Crippen molar-refractivity contribution in [3.05, 3.63) is 33.5 Å². The van der Waals surface area contributed by atoms with E-state index in [0.717, 1.165) is 69.8 Å². The molecule has 0 aromatic carbocycles. The van der Waals surface area contributed by atoms with Gasteiger partial charge in [-0.05, 0) is 25.5 Å². The Morgan fingerprint density at radius 3 is 2.88 bits per heavy atom. The Bertz CT molecular complexity index is 881. The molecule has 0 radical (unpaired) electrons. The van der Waals surface area contributed by atoms with Gasteiger partial charge in [0, 0.05) is 56.0 Å². The number of nitrogens with zero attached hydrogens (tertiary/aromatic N) is 5. The van der Waals surface area contributed by atoms with Crippen LogP contribution in [0.15, 0.2) is 17.1 Å². The number of thiophene rings is 1. The number of guanidine groups is 1. The fraction of sp³-hybridized carbons (Fsp3) is 0.667. The summed E-state index contributed by atoms with van der Waals surface area (Å²) in [7, 11) is 3.50. The monoisotopic (exact) mass is 575 g/mol. The molecule has 11 heteroatoms. The van der Waals surface area contributed by atoms with Crippen LogP contribution in [0.4, 0.5) is 0 Å². The van der Waals surface area contributed by atoms with Crippen LogP contribution in [-0.2, 0) is 29.0 Å². The minimum atomic E-state index is 0. The van der Waals surface area contributed by atoms with Crippen molar-refractivity contribution in [1.82, 2.24) is 30.3 Å². The summed E-state index contributed by atoms with van der Waals surface area (Å²) in [4.78, 5) is 14.3. The first-order valence-corrected chi connectivity index (χ1v) is 11.7. The summed E-state index contributed by atoms with van der Waals surface area (Å²) in [5.41, 5.74) is 0. The maximum atomic E-state index is 5.57. The van der Waals surface area contributed by atoms with Gasteiger partial charge in [-0.3, -0.25) is 9.89 Å². The third-order valence-corrected chi connectivity index (χ3v) is 6.88. The SMILES string of the molecule is CN=C(NCC(c1ccc(C)s1)N1CCOCC1)NC1CCc2nc(COC)nn2C1.I. The average Bonchev–Trinajstić information content (AvgIpc) is 3.39. The van der Waals surface area contributed by atoms with Gasteiger partial charge in [0.15, 0.2) is 11.8 Å². The fourth-order valence-corrected chi connectivity index (χ4v) is 5.19. The van der Waals surface area contributed by atoms with Gasteiger partial charge in [-0.25, -0.2) is 9.67 Å². The molecular formula is C21H34IN7O2S. The van der Waals surface area contributed by atoms with Gasteiger partial charge in [0.2, 0.25) is 0 Å². The third-order valence-electron chi connectivity index (χ3n) is 5.78. The summed E-state index contributed by atoms with van der Waals surface area (Å²) in [5, 5.41) is 11.7. The lowest BCUT2D eigenvalue weighted by atomic mass is 10.1. The highest BCUT2D eigenvalue weighted by atomic mass is 127. The van der Waals surface area contributed by atoms with E-state index in [4.69, 9.17) is 9.47 Å². The van der Waals surface area contributed by atoms with Crippen molar-refractivity contribution in [2.24, 2.45) is 4.99 Å². The summed E-state index contributed by atoms with van der Waals surface area (Å²) < 4.78 is 12.7. The molecule has 1 fully saturated rings. The zero-order valence-electron chi connectivity index (χ0n) is 19.0. The van der Waals surface area contributed by atoms with Crippen LogP contribution < -0.4 is 10.6 Å². The lowest BCUT2D eigenvalue weighted by Gasteiger charge is -2.34. The first kappa shape index (κ1) is 25.3. The lowest BCUT2D eigenvalue weighted by molar-refractivity contribution is 0.0177. The summed E-state index contributed by atoms with van der Waals surface area (Å²) >= 11 is 1.87. The quantitative estimate of drug-likeness (QED) is 0.297. The van der Waals surface area contributed by atoms with Crippen molar-refractivity contribution < 1.29 is 9.47 Å². The molecule has 32 heavy (non-hydrogen) atoms. The van der Waals surface area contributed by atoms with Crippen LogP contribution in [0.25, 0.3) is 0 Å². The van der Waals surface area contributed by atoms with Crippen molar-refractivity contribution in [3.63, 3.8) is 0 Å².